The minimum atomic E-state index is -0.992. The molecular weight excluding hydrogens is 206 g/mol. The lowest BCUT2D eigenvalue weighted by Gasteiger charge is -2.29. The number of ether oxygens (including phenoxy) is 1. The van der Waals surface area contributed by atoms with E-state index < -0.39 is 11.4 Å². The van der Waals surface area contributed by atoms with E-state index in [1.807, 2.05) is 0 Å². The van der Waals surface area contributed by atoms with Crippen LogP contribution in [0.3, 0.4) is 0 Å². The van der Waals surface area contributed by atoms with Gasteiger partial charge in [0, 0.05) is 12.0 Å². The molecule has 0 amide bonds. The van der Waals surface area contributed by atoms with Crippen LogP contribution in [0, 0.1) is 11.3 Å². The van der Waals surface area contributed by atoms with E-state index in [1.165, 1.54) is 12.1 Å². The van der Waals surface area contributed by atoms with Crippen LogP contribution in [0.1, 0.15) is 29.3 Å². The molecule has 1 aliphatic rings. The smallest absolute Gasteiger partial charge is 0.335 e. The molecule has 1 aliphatic heterocycles. The van der Waals surface area contributed by atoms with Gasteiger partial charge in [-0.05, 0) is 25.1 Å². The minimum Gasteiger partial charge on any atom is -0.493 e. The van der Waals surface area contributed by atoms with E-state index in [0.29, 0.717) is 24.3 Å². The number of hydrogen-bond donors (Lipinski definition) is 1. The number of carboxylic acid groups (broad SMARTS) is 1. The summed E-state index contributed by atoms with van der Waals surface area (Å²) in [5, 5.41) is 18.1. The van der Waals surface area contributed by atoms with Crippen LogP contribution in [0.5, 0.6) is 5.75 Å². The second-order valence-electron chi connectivity index (χ2n) is 4.06. The lowest BCUT2D eigenvalue weighted by atomic mass is 9.78. The molecule has 0 bridgehead atoms. The molecule has 1 heterocycles. The van der Waals surface area contributed by atoms with E-state index in [9.17, 15) is 10.1 Å². The molecule has 0 saturated carbocycles. The zero-order valence-corrected chi connectivity index (χ0v) is 8.86. The van der Waals surface area contributed by atoms with Crippen molar-refractivity contribution in [2.45, 2.75) is 18.8 Å². The lowest BCUT2D eigenvalue weighted by Crippen LogP contribution is -2.28. The van der Waals surface area contributed by atoms with Crippen LogP contribution in [0.2, 0.25) is 0 Å². The molecule has 0 aromatic heterocycles. The van der Waals surface area contributed by atoms with E-state index in [4.69, 9.17) is 9.84 Å². The van der Waals surface area contributed by atoms with Crippen molar-refractivity contribution in [2.24, 2.45) is 0 Å². The molecule has 4 nitrogen and oxygen atoms in total. The molecule has 16 heavy (non-hydrogen) atoms. The van der Waals surface area contributed by atoms with Crippen molar-refractivity contribution in [3.05, 3.63) is 29.3 Å². The standard InChI is InChI=1S/C12H11NO3/c1-12(7-13)4-5-16-10-3-2-8(11(14)15)6-9(10)12/h2-3,6H,4-5H2,1H3,(H,14,15)/t12-/m1/s1. The van der Waals surface area contributed by atoms with Crippen molar-refractivity contribution in [2.75, 3.05) is 6.61 Å². The Labute approximate surface area is 93.1 Å². The first-order valence-electron chi connectivity index (χ1n) is 4.99. The first-order chi connectivity index (χ1) is 7.57. The van der Waals surface area contributed by atoms with Crippen molar-refractivity contribution >= 4 is 5.97 Å². The molecule has 4 heteroatoms. The van der Waals surface area contributed by atoms with E-state index in [2.05, 4.69) is 6.07 Å². The molecule has 0 aliphatic carbocycles. The van der Waals surface area contributed by atoms with Crippen LogP contribution in [0.25, 0.3) is 0 Å². The third kappa shape index (κ3) is 1.50. The Morgan fingerprint density at radius 2 is 2.38 bits per heavy atom. The van der Waals surface area contributed by atoms with Crippen LogP contribution in [0.4, 0.5) is 0 Å². The van der Waals surface area contributed by atoms with Gasteiger partial charge in [0.25, 0.3) is 0 Å². The first-order valence-corrected chi connectivity index (χ1v) is 4.99. The number of rotatable bonds is 1. The van der Waals surface area contributed by atoms with Gasteiger partial charge in [-0.15, -0.1) is 0 Å². The molecule has 0 unspecified atom stereocenters. The third-order valence-electron chi connectivity index (χ3n) is 2.93. The number of aromatic carboxylic acids is 1. The maximum absolute atomic E-state index is 10.9. The number of nitriles is 1. The largest absolute Gasteiger partial charge is 0.493 e. The van der Waals surface area contributed by atoms with Gasteiger partial charge >= 0.3 is 5.97 Å². The van der Waals surface area contributed by atoms with Crippen LogP contribution in [-0.2, 0) is 5.41 Å². The highest BCUT2D eigenvalue weighted by Crippen LogP contribution is 2.38. The highest BCUT2D eigenvalue weighted by Gasteiger charge is 2.33. The molecule has 1 aromatic carbocycles. The SMILES string of the molecule is C[C@]1(C#N)CCOc2ccc(C(=O)O)cc21. The maximum atomic E-state index is 10.9. The summed E-state index contributed by atoms with van der Waals surface area (Å²) >= 11 is 0. The fourth-order valence-electron chi connectivity index (χ4n) is 1.84. The minimum absolute atomic E-state index is 0.186. The number of benzene rings is 1. The van der Waals surface area contributed by atoms with Crippen molar-refractivity contribution in [1.29, 1.82) is 5.26 Å². The quantitative estimate of drug-likeness (QED) is 0.780. The van der Waals surface area contributed by atoms with Gasteiger partial charge in [-0.1, -0.05) is 0 Å². The third-order valence-corrected chi connectivity index (χ3v) is 2.93. The Hall–Kier alpha value is -2.02. The summed E-state index contributed by atoms with van der Waals surface area (Å²) < 4.78 is 5.41. The first kappa shape index (κ1) is 10.5. The number of carbonyl (C=O) groups is 1. The average Bonchev–Trinajstić information content (AvgIpc) is 2.29. The Bertz CT molecular complexity index is 490. The van der Waals surface area contributed by atoms with Gasteiger partial charge in [0.05, 0.1) is 23.7 Å². The van der Waals surface area contributed by atoms with E-state index in [-0.39, 0.29) is 5.56 Å². The second-order valence-corrected chi connectivity index (χ2v) is 4.06. The number of nitrogens with zero attached hydrogens (tertiary/aromatic N) is 1. The van der Waals surface area contributed by atoms with E-state index >= 15 is 0 Å². The topological polar surface area (TPSA) is 70.3 Å². The summed E-state index contributed by atoms with van der Waals surface area (Å²) in [7, 11) is 0. The van der Waals surface area contributed by atoms with Crippen molar-refractivity contribution in [3.63, 3.8) is 0 Å². The summed E-state index contributed by atoms with van der Waals surface area (Å²) in [6.45, 7) is 2.30. The molecular formula is C12H11NO3. The highest BCUT2D eigenvalue weighted by molar-refractivity contribution is 5.88. The van der Waals surface area contributed by atoms with Gasteiger partial charge in [-0.25, -0.2) is 4.79 Å². The molecule has 0 spiro atoms. The van der Waals surface area contributed by atoms with Gasteiger partial charge < -0.3 is 9.84 Å². The second kappa shape index (κ2) is 3.53. The molecule has 82 valence electrons. The van der Waals surface area contributed by atoms with E-state index in [1.54, 1.807) is 13.0 Å². The Balaban J connectivity index is 2.58. The molecule has 0 fully saturated rings. The molecule has 1 atom stereocenters. The van der Waals surface area contributed by atoms with Crippen molar-refractivity contribution in [3.8, 4) is 11.8 Å². The summed E-state index contributed by atoms with van der Waals surface area (Å²) in [6.07, 6.45) is 0.583. The molecule has 2 rings (SSSR count). The van der Waals surface area contributed by atoms with Gasteiger partial charge in [0.15, 0.2) is 0 Å². The Kier molecular flexibility index (Phi) is 2.31. The predicted molar refractivity (Wildman–Crippen MR) is 56.5 cm³/mol. The average molecular weight is 217 g/mol. The van der Waals surface area contributed by atoms with Gasteiger partial charge in [-0.2, -0.15) is 5.26 Å². The zero-order chi connectivity index (χ0) is 11.8. The van der Waals surface area contributed by atoms with Crippen LogP contribution < -0.4 is 4.74 Å². The van der Waals surface area contributed by atoms with E-state index in [0.717, 1.165) is 0 Å². The lowest BCUT2D eigenvalue weighted by molar-refractivity contribution is 0.0696. The summed E-state index contributed by atoms with van der Waals surface area (Å²) in [6, 6.07) is 6.87. The Morgan fingerprint density at radius 1 is 1.62 bits per heavy atom. The normalized spacial score (nSPS) is 22.8. The molecule has 1 N–H and O–H groups in total. The molecule has 0 radical (unpaired) electrons. The van der Waals surface area contributed by atoms with Crippen molar-refractivity contribution in [1.82, 2.24) is 0 Å². The fourth-order valence-corrected chi connectivity index (χ4v) is 1.84. The Morgan fingerprint density at radius 3 is 3.00 bits per heavy atom. The predicted octanol–water partition coefficient (Wildman–Crippen LogP) is 1.95. The fraction of sp³-hybridized carbons (Fsp3) is 0.333. The van der Waals surface area contributed by atoms with Crippen LogP contribution in [0.15, 0.2) is 18.2 Å². The summed E-state index contributed by atoms with van der Waals surface area (Å²) in [4.78, 5) is 10.9. The number of fused-ring (bicyclic) bond motifs is 1. The monoisotopic (exact) mass is 217 g/mol. The van der Waals surface area contributed by atoms with Gasteiger partial charge in [0.1, 0.15) is 5.75 Å². The van der Waals surface area contributed by atoms with Crippen LogP contribution in [-0.4, -0.2) is 17.7 Å². The summed E-state index contributed by atoms with van der Waals surface area (Å²) in [5.41, 5.74) is 0.200. The molecule has 0 saturated heterocycles. The van der Waals surface area contributed by atoms with Crippen LogP contribution >= 0.6 is 0 Å². The summed E-state index contributed by atoms with van der Waals surface area (Å²) in [5.74, 6) is -0.381. The zero-order valence-electron chi connectivity index (χ0n) is 8.86. The highest BCUT2D eigenvalue weighted by atomic mass is 16.5. The van der Waals surface area contributed by atoms with Gasteiger partial charge in [-0.3, -0.25) is 0 Å². The number of carboxylic acids is 1. The molecule has 1 aromatic rings. The van der Waals surface area contributed by atoms with Gasteiger partial charge in [0.2, 0.25) is 0 Å². The number of hydrogen-bond acceptors (Lipinski definition) is 3. The maximum Gasteiger partial charge on any atom is 0.335 e. The van der Waals surface area contributed by atoms with Crippen molar-refractivity contribution < 1.29 is 14.6 Å².